The van der Waals surface area contributed by atoms with Gasteiger partial charge in [0, 0.05) is 11.6 Å². The molecular weight excluding hydrogens is 354 g/mol. The summed E-state index contributed by atoms with van der Waals surface area (Å²) in [6.45, 7) is 4.50. The van der Waals surface area contributed by atoms with Crippen LogP contribution in [-0.4, -0.2) is 45.6 Å². The Morgan fingerprint density at radius 3 is 2.67 bits per heavy atom. The lowest BCUT2D eigenvalue weighted by Crippen LogP contribution is -2.35. The Balaban J connectivity index is 2.15. The second-order valence-electron chi connectivity index (χ2n) is 6.27. The van der Waals surface area contributed by atoms with Gasteiger partial charge in [0.2, 0.25) is 0 Å². The van der Waals surface area contributed by atoms with Gasteiger partial charge in [0.15, 0.2) is 21.3 Å². The summed E-state index contributed by atoms with van der Waals surface area (Å²) in [5.74, 6) is 0.773. The molecule has 1 aliphatic heterocycles. The average molecular weight is 376 g/mol. The standard InChI is InChI=1S/C16H22ClNO5S/c1-10(2)8-23-15-13(17)6-11(7-14(15)22-3)16(19)18-12-4-5-24(20,21)9-12/h6-7,10,12H,4-5,8-9H2,1-3H3,(H,18,19)/t12-/m0/s1. The number of methoxy groups -OCH3 is 1. The summed E-state index contributed by atoms with van der Waals surface area (Å²) in [5.41, 5.74) is 0.304. The molecule has 0 spiro atoms. The minimum Gasteiger partial charge on any atom is -0.493 e. The van der Waals surface area contributed by atoms with Gasteiger partial charge in [-0.15, -0.1) is 0 Å². The molecule has 1 atom stereocenters. The van der Waals surface area contributed by atoms with Crippen molar-refractivity contribution in [3.05, 3.63) is 22.7 Å². The number of amides is 1. The Labute approximate surface area is 147 Å². The third-order valence-corrected chi connectivity index (χ3v) is 5.67. The predicted molar refractivity (Wildman–Crippen MR) is 92.9 cm³/mol. The van der Waals surface area contributed by atoms with Gasteiger partial charge >= 0.3 is 0 Å². The van der Waals surface area contributed by atoms with Crippen LogP contribution in [0.25, 0.3) is 0 Å². The number of ether oxygens (including phenoxy) is 2. The molecule has 1 aromatic carbocycles. The van der Waals surface area contributed by atoms with E-state index in [9.17, 15) is 13.2 Å². The fourth-order valence-electron chi connectivity index (χ4n) is 2.42. The smallest absolute Gasteiger partial charge is 0.251 e. The molecule has 8 heteroatoms. The van der Waals surface area contributed by atoms with Gasteiger partial charge in [-0.3, -0.25) is 4.79 Å². The van der Waals surface area contributed by atoms with Gasteiger partial charge in [0.25, 0.3) is 5.91 Å². The molecular formula is C16H22ClNO5S. The van der Waals surface area contributed by atoms with Crippen LogP contribution in [-0.2, 0) is 9.84 Å². The number of carbonyl (C=O) groups excluding carboxylic acids is 1. The Bertz CT molecular complexity index is 717. The van der Waals surface area contributed by atoms with E-state index < -0.39 is 9.84 Å². The van der Waals surface area contributed by atoms with Crippen molar-refractivity contribution in [1.29, 1.82) is 0 Å². The van der Waals surface area contributed by atoms with Crippen LogP contribution in [0.2, 0.25) is 5.02 Å². The van der Waals surface area contributed by atoms with Crippen LogP contribution in [0.3, 0.4) is 0 Å². The van der Waals surface area contributed by atoms with Crippen molar-refractivity contribution in [3.63, 3.8) is 0 Å². The minimum atomic E-state index is -3.05. The highest BCUT2D eigenvalue weighted by Gasteiger charge is 2.29. The fourth-order valence-corrected chi connectivity index (χ4v) is 4.36. The molecule has 0 bridgehead atoms. The van der Waals surface area contributed by atoms with Gasteiger partial charge < -0.3 is 14.8 Å². The van der Waals surface area contributed by atoms with Crippen molar-refractivity contribution in [2.45, 2.75) is 26.3 Å². The molecule has 0 saturated carbocycles. The van der Waals surface area contributed by atoms with E-state index in [0.717, 1.165) is 0 Å². The number of rotatable bonds is 6. The summed E-state index contributed by atoms with van der Waals surface area (Å²) in [7, 11) is -1.58. The van der Waals surface area contributed by atoms with Crippen LogP contribution in [0.5, 0.6) is 11.5 Å². The van der Waals surface area contributed by atoms with Crippen molar-refractivity contribution in [2.75, 3.05) is 25.2 Å². The highest BCUT2D eigenvalue weighted by molar-refractivity contribution is 7.91. The summed E-state index contributed by atoms with van der Waals surface area (Å²) in [6, 6.07) is 2.67. The number of hydrogen-bond donors (Lipinski definition) is 1. The van der Waals surface area contributed by atoms with Crippen LogP contribution in [0, 0.1) is 5.92 Å². The Hall–Kier alpha value is -1.47. The summed E-state index contributed by atoms with van der Waals surface area (Å²) >= 11 is 6.22. The lowest BCUT2D eigenvalue weighted by atomic mass is 10.1. The van der Waals surface area contributed by atoms with Gasteiger partial charge in [-0.2, -0.15) is 0 Å². The van der Waals surface area contributed by atoms with Gasteiger partial charge in [-0.05, 0) is 24.5 Å². The first-order chi connectivity index (χ1) is 11.2. The molecule has 6 nitrogen and oxygen atoms in total. The van der Waals surface area contributed by atoms with E-state index in [1.165, 1.54) is 13.2 Å². The molecule has 1 amide bonds. The lowest BCUT2D eigenvalue weighted by molar-refractivity contribution is 0.0940. The highest BCUT2D eigenvalue weighted by Crippen LogP contribution is 2.36. The molecule has 1 heterocycles. The topological polar surface area (TPSA) is 81.7 Å². The zero-order chi connectivity index (χ0) is 17.9. The fraction of sp³-hybridized carbons (Fsp3) is 0.562. The molecule has 1 fully saturated rings. The summed E-state index contributed by atoms with van der Waals surface area (Å²) in [4.78, 5) is 12.3. The molecule has 1 N–H and O–H groups in total. The van der Waals surface area contributed by atoms with Crippen LogP contribution in [0.15, 0.2) is 12.1 Å². The zero-order valence-corrected chi connectivity index (χ0v) is 15.5. The van der Waals surface area contributed by atoms with E-state index in [1.807, 2.05) is 13.8 Å². The zero-order valence-electron chi connectivity index (χ0n) is 14.0. The van der Waals surface area contributed by atoms with Crippen LogP contribution in [0.4, 0.5) is 0 Å². The molecule has 0 unspecified atom stereocenters. The van der Waals surface area contributed by atoms with E-state index in [4.69, 9.17) is 21.1 Å². The molecule has 2 rings (SSSR count). The molecule has 1 aliphatic rings. The third kappa shape index (κ3) is 4.77. The van der Waals surface area contributed by atoms with Gasteiger partial charge in [0.1, 0.15) is 0 Å². The maximum absolute atomic E-state index is 12.3. The number of nitrogens with one attached hydrogen (secondary N) is 1. The largest absolute Gasteiger partial charge is 0.493 e. The quantitative estimate of drug-likeness (QED) is 0.825. The Morgan fingerprint density at radius 1 is 1.42 bits per heavy atom. The van der Waals surface area contributed by atoms with E-state index >= 15 is 0 Å². The van der Waals surface area contributed by atoms with Gasteiger partial charge in [-0.25, -0.2) is 8.42 Å². The second-order valence-corrected chi connectivity index (χ2v) is 8.90. The van der Waals surface area contributed by atoms with Gasteiger partial charge in [-0.1, -0.05) is 25.4 Å². The summed E-state index contributed by atoms with van der Waals surface area (Å²) in [6.07, 6.45) is 0.425. The molecule has 134 valence electrons. The number of sulfone groups is 1. The maximum atomic E-state index is 12.3. The number of benzene rings is 1. The first-order valence-corrected chi connectivity index (χ1v) is 9.93. The van der Waals surface area contributed by atoms with E-state index in [1.54, 1.807) is 6.07 Å². The maximum Gasteiger partial charge on any atom is 0.251 e. The van der Waals surface area contributed by atoms with Crippen molar-refractivity contribution in [3.8, 4) is 11.5 Å². The lowest BCUT2D eigenvalue weighted by Gasteiger charge is -2.16. The Morgan fingerprint density at radius 2 is 2.12 bits per heavy atom. The predicted octanol–water partition coefficient (Wildman–Crippen LogP) is 2.30. The molecule has 0 aliphatic carbocycles. The van der Waals surface area contributed by atoms with Crippen molar-refractivity contribution in [1.82, 2.24) is 5.32 Å². The monoisotopic (exact) mass is 375 g/mol. The molecule has 0 aromatic heterocycles. The molecule has 0 radical (unpaired) electrons. The first-order valence-electron chi connectivity index (χ1n) is 7.73. The SMILES string of the molecule is COc1cc(C(=O)N[C@H]2CCS(=O)(=O)C2)cc(Cl)c1OCC(C)C. The first kappa shape index (κ1) is 18.9. The molecule has 24 heavy (non-hydrogen) atoms. The van der Waals surface area contributed by atoms with E-state index in [0.29, 0.717) is 36.0 Å². The minimum absolute atomic E-state index is 0.0286. The summed E-state index contributed by atoms with van der Waals surface area (Å²) in [5, 5.41) is 3.00. The molecule has 1 aromatic rings. The van der Waals surface area contributed by atoms with Crippen LogP contribution < -0.4 is 14.8 Å². The number of carbonyl (C=O) groups is 1. The highest BCUT2D eigenvalue weighted by atomic mass is 35.5. The third-order valence-electron chi connectivity index (χ3n) is 3.62. The van der Waals surface area contributed by atoms with E-state index in [2.05, 4.69) is 5.32 Å². The van der Waals surface area contributed by atoms with Gasteiger partial charge in [0.05, 0.1) is 30.2 Å². The number of halogens is 1. The normalized spacial score (nSPS) is 19.3. The van der Waals surface area contributed by atoms with Crippen molar-refractivity contribution in [2.24, 2.45) is 5.92 Å². The van der Waals surface area contributed by atoms with Crippen molar-refractivity contribution < 1.29 is 22.7 Å². The van der Waals surface area contributed by atoms with Crippen molar-refractivity contribution >= 4 is 27.3 Å². The Kier molecular flexibility index (Phi) is 5.98. The second kappa shape index (κ2) is 7.61. The average Bonchev–Trinajstić information content (AvgIpc) is 2.83. The summed E-state index contributed by atoms with van der Waals surface area (Å²) < 4.78 is 33.9. The van der Waals surface area contributed by atoms with Crippen LogP contribution >= 0.6 is 11.6 Å². The number of hydrogen-bond acceptors (Lipinski definition) is 5. The van der Waals surface area contributed by atoms with Crippen LogP contribution in [0.1, 0.15) is 30.6 Å². The van der Waals surface area contributed by atoms with E-state index in [-0.39, 0.29) is 28.5 Å². The molecule has 1 saturated heterocycles.